The molecule has 0 unspecified atom stereocenters. The summed E-state index contributed by atoms with van der Waals surface area (Å²) < 4.78 is 1.85. The Morgan fingerprint density at radius 3 is 2.52 bits per heavy atom. The molecule has 0 saturated carbocycles. The summed E-state index contributed by atoms with van der Waals surface area (Å²) in [6.07, 6.45) is 0. The van der Waals surface area contributed by atoms with Gasteiger partial charge in [0, 0.05) is 36.4 Å². The van der Waals surface area contributed by atoms with Crippen molar-refractivity contribution >= 4 is 54.7 Å². The minimum atomic E-state index is -0.265. The minimum absolute atomic E-state index is 0.0248. The van der Waals surface area contributed by atoms with Gasteiger partial charge in [0.15, 0.2) is 5.43 Å². The van der Waals surface area contributed by atoms with Crippen LogP contribution in [0.4, 0.5) is 5.69 Å². The second-order valence-electron chi connectivity index (χ2n) is 5.60. The monoisotopic (exact) mass is 365 g/mol. The van der Waals surface area contributed by atoms with Crippen LogP contribution in [-0.2, 0) is 0 Å². The van der Waals surface area contributed by atoms with Crippen LogP contribution < -0.4 is 10.7 Å². The van der Waals surface area contributed by atoms with Crippen molar-refractivity contribution in [3.05, 3.63) is 87.5 Å². The maximum absolute atomic E-state index is 12.7. The van der Waals surface area contributed by atoms with Gasteiger partial charge >= 0.3 is 0 Å². The summed E-state index contributed by atoms with van der Waals surface area (Å²) in [5.74, 6) is -0.265. The Morgan fingerprint density at radius 2 is 1.68 bits per heavy atom. The molecule has 1 heterocycles. The molecule has 1 amide bonds. The number of benzene rings is 3. The van der Waals surface area contributed by atoms with E-state index in [9.17, 15) is 9.59 Å². The maximum atomic E-state index is 12.7. The van der Waals surface area contributed by atoms with Crippen LogP contribution in [0.25, 0.3) is 20.2 Å². The van der Waals surface area contributed by atoms with E-state index in [0.29, 0.717) is 27.0 Å². The van der Waals surface area contributed by atoms with Crippen LogP contribution in [-0.4, -0.2) is 5.91 Å². The molecular formula is C20H12ClNO2S. The first kappa shape index (κ1) is 15.8. The molecule has 0 aliphatic carbocycles. The molecule has 0 aliphatic heterocycles. The Labute approximate surface area is 152 Å². The van der Waals surface area contributed by atoms with E-state index in [1.807, 2.05) is 30.3 Å². The third-order valence-corrected chi connectivity index (χ3v) is 5.31. The van der Waals surface area contributed by atoms with Crippen LogP contribution in [0.15, 0.2) is 71.5 Å². The molecule has 0 radical (unpaired) electrons. The van der Waals surface area contributed by atoms with Crippen LogP contribution in [0.3, 0.4) is 0 Å². The highest BCUT2D eigenvalue weighted by atomic mass is 35.5. The molecule has 0 spiro atoms. The average molecular weight is 366 g/mol. The lowest BCUT2D eigenvalue weighted by molar-refractivity contribution is 0.102. The summed E-state index contributed by atoms with van der Waals surface area (Å²) in [5, 5.41) is 4.62. The highest BCUT2D eigenvalue weighted by Gasteiger charge is 2.10. The molecule has 1 N–H and O–H groups in total. The van der Waals surface area contributed by atoms with Crippen LogP contribution in [0.1, 0.15) is 10.4 Å². The summed E-state index contributed by atoms with van der Waals surface area (Å²) in [4.78, 5) is 25.1. The van der Waals surface area contributed by atoms with Gasteiger partial charge in [0.2, 0.25) is 0 Å². The van der Waals surface area contributed by atoms with Gasteiger partial charge in [0.1, 0.15) is 0 Å². The lowest BCUT2D eigenvalue weighted by atomic mass is 10.1. The number of anilines is 1. The van der Waals surface area contributed by atoms with Crippen molar-refractivity contribution in [1.29, 1.82) is 0 Å². The molecule has 3 aromatic carbocycles. The number of nitrogens with one attached hydrogen (secondary N) is 1. The second kappa shape index (κ2) is 6.31. The number of carbonyl (C=O) groups is 1. The summed E-state index contributed by atoms with van der Waals surface area (Å²) in [5.41, 5.74) is 1.02. The van der Waals surface area contributed by atoms with Crippen LogP contribution in [0.2, 0.25) is 5.02 Å². The molecule has 0 fully saturated rings. The van der Waals surface area contributed by atoms with Crippen molar-refractivity contribution in [3.8, 4) is 0 Å². The van der Waals surface area contributed by atoms with Crippen LogP contribution >= 0.6 is 22.9 Å². The van der Waals surface area contributed by atoms with E-state index in [-0.39, 0.29) is 11.3 Å². The van der Waals surface area contributed by atoms with E-state index in [1.165, 1.54) is 0 Å². The molecule has 1 aromatic heterocycles. The Balaban J connectivity index is 1.76. The molecule has 5 heteroatoms. The van der Waals surface area contributed by atoms with Gasteiger partial charge in [0.05, 0.1) is 0 Å². The third kappa shape index (κ3) is 3.02. The van der Waals surface area contributed by atoms with E-state index in [4.69, 9.17) is 11.6 Å². The van der Waals surface area contributed by atoms with Gasteiger partial charge in [0.25, 0.3) is 5.91 Å². The van der Waals surface area contributed by atoms with Crippen molar-refractivity contribution in [2.45, 2.75) is 0 Å². The molecule has 0 atom stereocenters. The van der Waals surface area contributed by atoms with Crippen molar-refractivity contribution < 1.29 is 4.79 Å². The van der Waals surface area contributed by atoms with Crippen LogP contribution in [0, 0.1) is 0 Å². The molecule has 25 heavy (non-hydrogen) atoms. The van der Waals surface area contributed by atoms with Gasteiger partial charge in [-0.2, -0.15) is 0 Å². The van der Waals surface area contributed by atoms with E-state index in [1.54, 1.807) is 47.7 Å². The lowest BCUT2D eigenvalue weighted by Crippen LogP contribution is -2.12. The standard InChI is InChI=1S/C20H12ClNO2S/c21-13-5-3-4-12(10-13)20(24)22-14-8-9-18-16(11-14)19(23)15-6-1-2-7-17(15)25-18/h1-11H,(H,22,24). The average Bonchev–Trinajstić information content (AvgIpc) is 2.62. The van der Waals surface area contributed by atoms with Crippen molar-refractivity contribution in [1.82, 2.24) is 0 Å². The normalized spacial score (nSPS) is 10.9. The highest BCUT2D eigenvalue weighted by Crippen LogP contribution is 2.26. The first-order valence-corrected chi connectivity index (χ1v) is 8.84. The smallest absolute Gasteiger partial charge is 0.255 e. The van der Waals surface area contributed by atoms with Crippen LogP contribution in [0.5, 0.6) is 0 Å². The lowest BCUT2D eigenvalue weighted by Gasteiger charge is -2.07. The molecule has 0 aliphatic rings. The highest BCUT2D eigenvalue weighted by molar-refractivity contribution is 7.24. The SMILES string of the molecule is O=C(Nc1ccc2sc3ccccc3c(=O)c2c1)c1cccc(Cl)c1. The molecule has 3 nitrogen and oxygen atoms in total. The first-order chi connectivity index (χ1) is 12.1. The summed E-state index contributed by atoms with van der Waals surface area (Å²) in [6, 6.07) is 19.7. The summed E-state index contributed by atoms with van der Waals surface area (Å²) in [6.45, 7) is 0. The number of hydrogen-bond acceptors (Lipinski definition) is 3. The zero-order valence-electron chi connectivity index (χ0n) is 13.0. The largest absolute Gasteiger partial charge is 0.322 e. The summed E-state index contributed by atoms with van der Waals surface area (Å²) >= 11 is 7.49. The predicted octanol–water partition coefficient (Wildman–Crippen LogP) is 5.32. The minimum Gasteiger partial charge on any atom is -0.322 e. The van der Waals surface area contributed by atoms with Gasteiger partial charge in [-0.1, -0.05) is 29.8 Å². The molecule has 4 rings (SSSR count). The van der Waals surface area contributed by atoms with Crippen molar-refractivity contribution in [2.75, 3.05) is 5.32 Å². The van der Waals surface area contributed by atoms with Gasteiger partial charge < -0.3 is 5.32 Å². The van der Waals surface area contributed by atoms with Gasteiger partial charge in [-0.3, -0.25) is 9.59 Å². The Morgan fingerprint density at radius 1 is 0.880 bits per heavy atom. The fourth-order valence-electron chi connectivity index (χ4n) is 2.71. The fourth-order valence-corrected chi connectivity index (χ4v) is 3.96. The van der Waals surface area contributed by atoms with Crippen molar-refractivity contribution in [2.24, 2.45) is 0 Å². The Kier molecular flexibility index (Phi) is 3.99. The van der Waals surface area contributed by atoms with Gasteiger partial charge in [-0.25, -0.2) is 0 Å². The van der Waals surface area contributed by atoms with Gasteiger partial charge in [-0.15, -0.1) is 11.3 Å². The Bertz CT molecular complexity index is 1180. The fraction of sp³-hybridized carbons (Fsp3) is 0. The quantitative estimate of drug-likeness (QED) is 0.488. The van der Waals surface area contributed by atoms with E-state index >= 15 is 0 Å². The number of halogens is 1. The van der Waals surface area contributed by atoms with Crippen molar-refractivity contribution in [3.63, 3.8) is 0 Å². The molecule has 4 aromatic rings. The molecule has 0 bridgehead atoms. The predicted molar refractivity (Wildman–Crippen MR) is 105 cm³/mol. The van der Waals surface area contributed by atoms with E-state index in [0.717, 1.165) is 9.40 Å². The zero-order valence-corrected chi connectivity index (χ0v) is 14.5. The number of hydrogen-bond donors (Lipinski definition) is 1. The number of rotatable bonds is 2. The first-order valence-electron chi connectivity index (χ1n) is 7.64. The molecule has 0 saturated heterocycles. The topological polar surface area (TPSA) is 46.2 Å². The third-order valence-electron chi connectivity index (χ3n) is 3.92. The molecule has 122 valence electrons. The summed E-state index contributed by atoms with van der Waals surface area (Å²) in [7, 11) is 0. The number of fused-ring (bicyclic) bond motifs is 2. The molecular weight excluding hydrogens is 354 g/mol. The second-order valence-corrected chi connectivity index (χ2v) is 7.12. The maximum Gasteiger partial charge on any atom is 0.255 e. The Hall–Kier alpha value is -2.69. The van der Waals surface area contributed by atoms with E-state index < -0.39 is 0 Å². The number of carbonyl (C=O) groups excluding carboxylic acids is 1. The van der Waals surface area contributed by atoms with Gasteiger partial charge in [-0.05, 0) is 48.5 Å². The zero-order chi connectivity index (χ0) is 17.4. The number of amides is 1. The van der Waals surface area contributed by atoms with E-state index in [2.05, 4.69) is 5.32 Å².